The van der Waals surface area contributed by atoms with Gasteiger partial charge in [-0.05, 0) is 25.1 Å². The summed E-state index contributed by atoms with van der Waals surface area (Å²) in [6.45, 7) is 1.90. The van der Waals surface area contributed by atoms with Crippen LogP contribution in [0.25, 0.3) is 5.69 Å². The minimum atomic E-state index is -0.697. The SMILES string of the molecule is Cc1ccc(-n2cnn(Cc3ccc(F)cc3F)c2=O)cc1. The summed E-state index contributed by atoms with van der Waals surface area (Å²) in [6, 6.07) is 10.6. The molecule has 0 radical (unpaired) electrons. The molecule has 3 rings (SSSR count). The van der Waals surface area contributed by atoms with E-state index in [0.717, 1.165) is 22.4 Å². The van der Waals surface area contributed by atoms with Gasteiger partial charge in [-0.15, -0.1) is 0 Å². The molecule has 0 aliphatic carbocycles. The minimum Gasteiger partial charge on any atom is -0.250 e. The van der Waals surface area contributed by atoms with Crippen LogP contribution in [0.4, 0.5) is 8.78 Å². The Morgan fingerprint density at radius 2 is 1.82 bits per heavy atom. The van der Waals surface area contributed by atoms with Gasteiger partial charge in [-0.25, -0.2) is 22.8 Å². The van der Waals surface area contributed by atoms with Crippen molar-refractivity contribution >= 4 is 0 Å². The highest BCUT2D eigenvalue weighted by Crippen LogP contribution is 2.11. The molecule has 2 aromatic carbocycles. The Kier molecular flexibility index (Phi) is 3.58. The summed E-state index contributed by atoms with van der Waals surface area (Å²) in [7, 11) is 0. The van der Waals surface area contributed by atoms with E-state index in [2.05, 4.69) is 5.10 Å². The Morgan fingerprint density at radius 1 is 1.09 bits per heavy atom. The van der Waals surface area contributed by atoms with Gasteiger partial charge in [0.2, 0.25) is 0 Å². The topological polar surface area (TPSA) is 39.8 Å². The van der Waals surface area contributed by atoms with Crippen molar-refractivity contribution in [2.75, 3.05) is 0 Å². The van der Waals surface area contributed by atoms with Crippen LogP contribution < -0.4 is 5.69 Å². The van der Waals surface area contributed by atoms with Crippen LogP contribution in [0.3, 0.4) is 0 Å². The molecule has 0 atom stereocenters. The zero-order valence-corrected chi connectivity index (χ0v) is 11.8. The van der Waals surface area contributed by atoms with Gasteiger partial charge < -0.3 is 0 Å². The quantitative estimate of drug-likeness (QED) is 0.746. The second-order valence-corrected chi connectivity index (χ2v) is 5.01. The number of hydrogen-bond donors (Lipinski definition) is 0. The first-order valence-electron chi connectivity index (χ1n) is 6.70. The highest BCUT2D eigenvalue weighted by Gasteiger charge is 2.10. The smallest absolute Gasteiger partial charge is 0.250 e. The third-order valence-electron chi connectivity index (χ3n) is 3.38. The lowest BCUT2D eigenvalue weighted by Crippen LogP contribution is -2.24. The van der Waals surface area contributed by atoms with E-state index in [1.807, 2.05) is 19.1 Å². The Morgan fingerprint density at radius 3 is 2.50 bits per heavy atom. The number of aromatic nitrogens is 3. The van der Waals surface area contributed by atoms with Crippen molar-refractivity contribution in [3.63, 3.8) is 0 Å². The van der Waals surface area contributed by atoms with Gasteiger partial charge in [-0.3, -0.25) is 0 Å². The fourth-order valence-corrected chi connectivity index (χ4v) is 2.14. The van der Waals surface area contributed by atoms with E-state index in [4.69, 9.17) is 0 Å². The van der Waals surface area contributed by atoms with Gasteiger partial charge in [-0.2, -0.15) is 5.10 Å². The van der Waals surface area contributed by atoms with Crippen molar-refractivity contribution in [2.45, 2.75) is 13.5 Å². The van der Waals surface area contributed by atoms with Gasteiger partial charge in [-0.1, -0.05) is 23.8 Å². The second kappa shape index (κ2) is 5.55. The molecule has 1 aromatic heterocycles. The molecule has 1 heterocycles. The molecule has 0 fully saturated rings. The molecule has 6 heteroatoms. The Hall–Kier alpha value is -2.76. The zero-order valence-electron chi connectivity index (χ0n) is 11.8. The third-order valence-corrected chi connectivity index (χ3v) is 3.38. The van der Waals surface area contributed by atoms with E-state index in [0.29, 0.717) is 5.69 Å². The van der Waals surface area contributed by atoms with Crippen LogP contribution >= 0.6 is 0 Å². The Balaban J connectivity index is 1.93. The maximum atomic E-state index is 13.7. The maximum absolute atomic E-state index is 13.7. The molecular formula is C16H13F2N3O. The molecule has 0 aliphatic rings. The number of rotatable bonds is 3. The van der Waals surface area contributed by atoms with Crippen molar-refractivity contribution in [1.82, 2.24) is 14.3 Å². The predicted octanol–water partition coefficient (Wildman–Crippen LogP) is 2.67. The molecule has 0 bridgehead atoms. The molecule has 0 unspecified atom stereocenters. The van der Waals surface area contributed by atoms with Gasteiger partial charge in [0.25, 0.3) is 0 Å². The van der Waals surface area contributed by atoms with E-state index in [9.17, 15) is 13.6 Å². The molecule has 4 nitrogen and oxygen atoms in total. The number of halogens is 2. The van der Waals surface area contributed by atoms with Gasteiger partial charge in [0.1, 0.15) is 18.0 Å². The van der Waals surface area contributed by atoms with Crippen molar-refractivity contribution in [3.05, 3.63) is 82.0 Å². The molecule has 0 saturated carbocycles. The average molecular weight is 301 g/mol. The molecule has 0 N–H and O–H groups in total. The Bertz CT molecular complexity index is 866. The highest BCUT2D eigenvalue weighted by atomic mass is 19.1. The van der Waals surface area contributed by atoms with Crippen molar-refractivity contribution in [3.8, 4) is 5.69 Å². The minimum absolute atomic E-state index is 0.0518. The zero-order chi connectivity index (χ0) is 15.7. The lowest BCUT2D eigenvalue weighted by molar-refractivity contribution is 0.554. The second-order valence-electron chi connectivity index (χ2n) is 5.01. The summed E-state index contributed by atoms with van der Waals surface area (Å²) in [5.74, 6) is -1.35. The first-order valence-corrected chi connectivity index (χ1v) is 6.70. The number of aryl methyl sites for hydroxylation is 1. The lowest BCUT2D eigenvalue weighted by Gasteiger charge is -2.03. The molecular weight excluding hydrogens is 288 g/mol. The van der Waals surface area contributed by atoms with Crippen molar-refractivity contribution in [2.24, 2.45) is 0 Å². The van der Waals surface area contributed by atoms with Crippen LogP contribution in [0.5, 0.6) is 0 Å². The van der Waals surface area contributed by atoms with Crippen LogP contribution in [-0.4, -0.2) is 14.3 Å². The van der Waals surface area contributed by atoms with Gasteiger partial charge >= 0.3 is 5.69 Å². The van der Waals surface area contributed by atoms with Crippen LogP contribution in [-0.2, 0) is 6.54 Å². The standard InChI is InChI=1S/C16H13F2N3O/c1-11-2-6-14(7-3-11)20-10-19-21(16(20)22)9-12-4-5-13(17)8-15(12)18/h2-8,10H,9H2,1H3. The van der Waals surface area contributed by atoms with E-state index < -0.39 is 11.6 Å². The summed E-state index contributed by atoms with van der Waals surface area (Å²) in [5.41, 5.74) is 1.59. The van der Waals surface area contributed by atoms with Crippen molar-refractivity contribution in [1.29, 1.82) is 0 Å². The Labute approximate surface area is 125 Å². The largest absolute Gasteiger partial charge is 0.350 e. The van der Waals surface area contributed by atoms with Crippen LogP contribution in [0, 0.1) is 18.6 Å². The third kappa shape index (κ3) is 2.67. The number of nitrogens with zero attached hydrogens (tertiary/aromatic N) is 3. The van der Waals surface area contributed by atoms with E-state index in [1.165, 1.54) is 17.0 Å². The molecule has 0 aliphatic heterocycles. The molecule has 112 valence electrons. The highest BCUT2D eigenvalue weighted by molar-refractivity contribution is 5.33. The fraction of sp³-hybridized carbons (Fsp3) is 0.125. The average Bonchev–Trinajstić information content (AvgIpc) is 2.84. The van der Waals surface area contributed by atoms with E-state index in [-0.39, 0.29) is 17.8 Å². The van der Waals surface area contributed by atoms with Gasteiger partial charge in [0.15, 0.2) is 0 Å². The van der Waals surface area contributed by atoms with Crippen LogP contribution in [0.2, 0.25) is 0 Å². The molecule has 0 spiro atoms. The summed E-state index contributed by atoms with van der Waals surface area (Å²) < 4.78 is 29.1. The van der Waals surface area contributed by atoms with E-state index in [1.54, 1.807) is 12.1 Å². The first-order chi connectivity index (χ1) is 10.5. The molecule has 3 aromatic rings. The normalized spacial score (nSPS) is 10.9. The first kappa shape index (κ1) is 14.2. The molecule has 22 heavy (non-hydrogen) atoms. The predicted molar refractivity (Wildman–Crippen MR) is 78.0 cm³/mol. The summed E-state index contributed by atoms with van der Waals surface area (Å²) in [6.07, 6.45) is 1.38. The summed E-state index contributed by atoms with van der Waals surface area (Å²) in [4.78, 5) is 12.3. The summed E-state index contributed by atoms with van der Waals surface area (Å²) >= 11 is 0. The lowest BCUT2D eigenvalue weighted by atomic mass is 10.2. The summed E-state index contributed by atoms with van der Waals surface area (Å²) in [5, 5.41) is 3.98. The number of hydrogen-bond acceptors (Lipinski definition) is 2. The maximum Gasteiger partial charge on any atom is 0.350 e. The fourth-order valence-electron chi connectivity index (χ4n) is 2.14. The molecule has 0 saturated heterocycles. The molecule has 0 amide bonds. The van der Waals surface area contributed by atoms with E-state index >= 15 is 0 Å². The van der Waals surface area contributed by atoms with Gasteiger partial charge in [0.05, 0.1) is 12.2 Å². The van der Waals surface area contributed by atoms with Gasteiger partial charge in [0, 0.05) is 11.6 Å². The number of benzene rings is 2. The van der Waals surface area contributed by atoms with Crippen molar-refractivity contribution < 1.29 is 8.78 Å². The van der Waals surface area contributed by atoms with Crippen LogP contribution in [0.1, 0.15) is 11.1 Å². The van der Waals surface area contributed by atoms with Crippen LogP contribution in [0.15, 0.2) is 53.6 Å². The monoisotopic (exact) mass is 301 g/mol.